The normalized spacial score (nSPS) is 22.0. The van der Waals surface area contributed by atoms with E-state index in [-0.39, 0.29) is 6.04 Å². The Labute approximate surface area is 109 Å². The van der Waals surface area contributed by atoms with E-state index < -0.39 is 10.0 Å². The van der Waals surface area contributed by atoms with Gasteiger partial charge in [-0.3, -0.25) is 0 Å². The van der Waals surface area contributed by atoms with Crippen LogP contribution in [0.2, 0.25) is 0 Å². The van der Waals surface area contributed by atoms with Gasteiger partial charge in [0.15, 0.2) is 0 Å². The average Bonchev–Trinajstić information content (AvgIpc) is 2.82. The van der Waals surface area contributed by atoms with Crippen molar-refractivity contribution in [2.75, 3.05) is 13.1 Å². The molecule has 0 aromatic heterocycles. The van der Waals surface area contributed by atoms with Gasteiger partial charge in [-0.05, 0) is 50.9 Å². The number of hydrogen-bond donors (Lipinski definition) is 2. The van der Waals surface area contributed by atoms with Gasteiger partial charge in [-0.25, -0.2) is 13.1 Å². The van der Waals surface area contributed by atoms with Gasteiger partial charge in [0.25, 0.3) is 0 Å². The third kappa shape index (κ3) is 2.91. The highest BCUT2D eigenvalue weighted by Gasteiger charge is 2.26. The summed E-state index contributed by atoms with van der Waals surface area (Å²) >= 11 is 0. The predicted octanol–water partition coefficient (Wildman–Crippen LogP) is 1.27. The van der Waals surface area contributed by atoms with Crippen LogP contribution in [-0.4, -0.2) is 27.5 Å². The minimum atomic E-state index is -3.41. The van der Waals surface area contributed by atoms with E-state index in [1.165, 1.54) is 0 Å². The quantitative estimate of drug-likeness (QED) is 0.864. The Morgan fingerprint density at radius 1 is 1.39 bits per heavy atom. The van der Waals surface area contributed by atoms with E-state index in [9.17, 15) is 8.42 Å². The molecule has 5 heteroatoms. The largest absolute Gasteiger partial charge is 0.316 e. The molecule has 0 aliphatic carbocycles. The molecule has 2 unspecified atom stereocenters. The van der Waals surface area contributed by atoms with Crippen molar-refractivity contribution in [3.05, 3.63) is 29.8 Å². The fourth-order valence-corrected chi connectivity index (χ4v) is 3.92. The molecule has 0 saturated carbocycles. The molecule has 1 heterocycles. The molecule has 2 N–H and O–H groups in total. The molecule has 1 aromatic carbocycles. The smallest absolute Gasteiger partial charge is 0.241 e. The summed E-state index contributed by atoms with van der Waals surface area (Å²) in [6.07, 6.45) is 1.03. The van der Waals surface area contributed by atoms with Gasteiger partial charge in [-0.2, -0.15) is 0 Å². The van der Waals surface area contributed by atoms with E-state index in [1.807, 2.05) is 26.0 Å². The van der Waals surface area contributed by atoms with Crippen molar-refractivity contribution in [1.29, 1.82) is 0 Å². The van der Waals surface area contributed by atoms with E-state index in [1.54, 1.807) is 12.1 Å². The highest BCUT2D eigenvalue weighted by molar-refractivity contribution is 7.89. The molecule has 1 aliphatic heterocycles. The van der Waals surface area contributed by atoms with Gasteiger partial charge in [-0.15, -0.1) is 0 Å². The Balaban J connectivity index is 2.14. The molecule has 100 valence electrons. The van der Waals surface area contributed by atoms with Crippen LogP contribution in [-0.2, 0) is 10.0 Å². The Hall–Kier alpha value is -0.910. The number of sulfonamides is 1. The van der Waals surface area contributed by atoms with Gasteiger partial charge < -0.3 is 5.32 Å². The third-order valence-electron chi connectivity index (χ3n) is 3.53. The predicted molar refractivity (Wildman–Crippen MR) is 71.9 cm³/mol. The molecule has 0 amide bonds. The van der Waals surface area contributed by atoms with Gasteiger partial charge in [0.1, 0.15) is 0 Å². The molecular weight excluding hydrogens is 248 g/mol. The first kappa shape index (κ1) is 13.5. The van der Waals surface area contributed by atoms with Crippen LogP contribution < -0.4 is 10.0 Å². The van der Waals surface area contributed by atoms with Crippen molar-refractivity contribution in [3.63, 3.8) is 0 Å². The van der Waals surface area contributed by atoms with Gasteiger partial charge >= 0.3 is 0 Å². The number of benzene rings is 1. The van der Waals surface area contributed by atoms with Crippen molar-refractivity contribution >= 4 is 10.0 Å². The summed E-state index contributed by atoms with van der Waals surface area (Å²) in [7, 11) is -3.41. The second-order valence-corrected chi connectivity index (χ2v) is 6.61. The van der Waals surface area contributed by atoms with Crippen molar-refractivity contribution in [2.45, 2.75) is 31.2 Å². The van der Waals surface area contributed by atoms with Crippen LogP contribution in [0.5, 0.6) is 0 Å². The van der Waals surface area contributed by atoms with Crippen LogP contribution >= 0.6 is 0 Å². The standard InChI is InChI=1S/C13H20N2O2S/c1-10-5-3-4-6-13(10)18(16,17)15-11(2)12-7-8-14-9-12/h3-6,11-12,14-15H,7-9H2,1-2H3. The molecular formula is C13H20N2O2S. The lowest BCUT2D eigenvalue weighted by Crippen LogP contribution is -2.39. The summed E-state index contributed by atoms with van der Waals surface area (Å²) in [5.74, 6) is 0.379. The highest BCUT2D eigenvalue weighted by Crippen LogP contribution is 2.18. The molecule has 0 bridgehead atoms. The molecule has 4 nitrogen and oxygen atoms in total. The molecule has 1 aliphatic rings. The lowest BCUT2D eigenvalue weighted by molar-refractivity contribution is 0.444. The summed E-state index contributed by atoms with van der Waals surface area (Å²) in [4.78, 5) is 0.378. The van der Waals surface area contributed by atoms with Gasteiger partial charge in [0, 0.05) is 6.04 Å². The van der Waals surface area contributed by atoms with Crippen molar-refractivity contribution in [3.8, 4) is 0 Å². The summed E-state index contributed by atoms with van der Waals surface area (Å²) in [5, 5.41) is 3.26. The van der Waals surface area contributed by atoms with Crippen molar-refractivity contribution in [1.82, 2.24) is 10.0 Å². The molecule has 2 atom stereocenters. The topological polar surface area (TPSA) is 58.2 Å². The zero-order chi connectivity index (χ0) is 13.2. The Bertz CT molecular complexity index is 507. The second kappa shape index (κ2) is 5.38. The zero-order valence-electron chi connectivity index (χ0n) is 10.8. The minimum absolute atomic E-state index is 0.0374. The molecule has 1 aromatic rings. The van der Waals surface area contributed by atoms with Crippen LogP contribution in [0.4, 0.5) is 0 Å². The van der Waals surface area contributed by atoms with Crippen LogP contribution in [0, 0.1) is 12.8 Å². The summed E-state index contributed by atoms with van der Waals surface area (Å²) in [6.45, 7) is 5.61. The second-order valence-electron chi connectivity index (χ2n) is 4.93. The summed E-state index contributed by atoms with van der Waals surface area (Å²) < 4.78 is 27.4. The third-order valence-corrected chi connectivity index (χ3v) is 5.25. The van der Waals surface area contributed by atoms with E-state index in [2.05, 4.69) is 10.0 Å². The maximum absolute atomic E-state index is 12.3. The first-order chi connectivity index (χ1) is 8.50. The van der Waals surface area contributed by atoms with Gasteiger partial charge in [-0.1, -0.05) is 18.2 Å². The molecule has 1 fully saturated rings. The zero-order valence-corrected chi connectivity index (χ0v) is 11.6. The van der Waals surface area contributed by atoms with Crippen LogP contribution in [0.3, 0.4) is 0 Å². The number of aryl methyl sites for hydroxylation is 1. The summed E-state index contributed by atoms with van der Waals surface area (Å²) in [5.41, 5.74) is 0.779. The molecule has 18 heavy (non-hydrogen) atoms. The molecule has 0 radical (unpaired) electrons. The Kier molecular flexibility index (Phi) is 4.04. The van der Waals surface area contributed by atoms with Crippen LogP contribution in [0.1, 0.15) is 18.9 Å². The molecule has 2 rings (SSSR count). The Morgan fingerprint density at radius 2 is 2.11 bits per heavy atom. The minimum Gasteiger partial charge on any atom is -0.316 e. The fourth-order valence-electron chi connectivity index (χ4n) is 2.37. The SMILES string of the molecule is Cc1ccccc1S(=O)(=O)NC(C)C1CCNC1. The lowest BCUT2D eigenvalue weighted by atomic mass is 10.0. The van der Waals surface area contributed by atoms with E-state index in [0.29, 0.717) is 10.8 Å². The van der Waals surface area contributed by atoms with E-state index in [4.69, 9.17) is 0 Å². The highest BCUT2D eigenvalue weighted by atomic mass is 32.2. The maximum Gasteiger partial charge on any atom is 0.241 e. The number of nitrogens with one attached hydrogen (secondary N) is 2. The molecule has 0 spiro atoms. The first-order valence-electron chi connectivity index (χ1n) is 6.29. The van der Waals surface area contributed by atoms with E-state index >= 15 is 0 Å². The van der Waals surface area contributed by atoms with Crippen molar-refractivity contribution in [2.24, 2.45) is 5.92 Å². The molecule has 1 saturated heterocycles. The average molecular weight is 268 g/mol. The number of rotatable bonds is 4. The number of hydrogen-bond acceptors (Lipinski definition) is 3. The van der Waals surface area contributed by atoms with E-state index in [0.717, 1.165) is 25.1 Å². The van der Waals surface area contributed by atoms with Gasteiger partial charge in [0.05, 0.1) is 4.90 Å². The van der Waals surface area contributed by atoms with Gasteiger partial charge in [0.2, 0.25) is 10.0 Å². The van der Waals surface area contributed by atoms with Crippen LogP contribution in [0.15, 0.2) is 29.2 Å². The lowest BCUT2D eigenvalue weighted by Gasteiger charge is -2.20. The van der Waals surface area contributed by atoms with Crippen LogP contribution in [0.25, 0.3) is 0 Å². The summed E-state index contributed by atoms with van der Waals surface area (Å²) in [6, 6.07) is 7.03. The monoisotopic (exact) mass is 268 g/mol. The Morgan fingerprint density at radius 3 is 2.72 bits per heavy atom. The fraction of sp³-hybridized carbons (Fsp3) is 0.538. The first-order valence-corrected chi connectivity index (χ1v) is 7.78. The maximum atomic E-state index is 12.3. The van der Waals surface area contributed by atoms with Crippen molar-refractivity contribution < 1.29 is 8.42 Å².